The highest BCUT2D eigenvalue weighted by atomic mass is 32.2. The predicted octanol–water partition coefficient (Wildman–Crippen LogP) is 4.20. The molecule has 3 aliphatic rings. The lowest BCUT2D eigenvalue weighted by molar-refractivity contribution is -0.385. The van der Waals surface area contributed by atoms with Gasteiger partial charge in [0.05, 0.1) is 22.8 Å². The fourth-order valence-electron chi connectivity index (χ4n) is 4.74. The first kappa shape index (κ1) is 18.7. The number of hydrogen-bond donors (Lipinski definition) is 1. The molecular weight excluding hydrogens is 362 g/mol. The van der Waals surface area contributed by atoms with Crippen LogP contribution in [0.15, 0.2) is 17.1 Å². The fraction of sp³-hybridized carbons (Fsp3) is 0.650. The smallest absolute Gasteiger partial charge is 0.273 e. The Bertz CT molecular complexity index is 759. The summed E-state index contributed by atoms with van der Waals surface area (Å²) in [4.78, 5) is 18.5. The van der Waals surface area contributed by atoms with Gasteiger partial charge in [-0.3, -0.25) is 10.1 Å². The lowest BCUT2D eigenvalue weighted by atomic mass is 9.89. The highest BCUT2D eigenvalue weighted by Crippen LogP contribution is 2.39. The predicted molar refractivity (Wildman–Crippen MR) is 109 cm³/mol. The second-order valence-electron chi connectivity index (χ2n) is 7.88. The molecule has 1 saturated carbocycles. The van der Waals surface area contributed by atoms with Crippen LogP contribution in [0.25, 0.3) is 0 Å². The molecule has 2 fully saturated rings. The van der Waals surface area contributed by atoms with Gasteiger partial charge in [0.25, 0.3) is 5.69 Å². The number of hydrogen-bond acceptors (Lipinski definition) is 5. The molecule has 0 bridgehead atoms. The number of aliphatic imine (C=N–C) groups is 1. The van der Waals surface area contributed by atoms with Crippen LogP contribution in [0.1, 0.15) is 56.6 Å². The number of aliphatic hydroxyl groups excluding tert-OH is 1. The monoisotopic (exact) mass is 389 g/mol. The van der Waals surface area contributed by atoms with Crippen molar-refractivity contribution in [1.29, 1.82) is 0 Å². The molecule has 0 unspecified atom stereocenters. The van der Waals surface area contributed by atoms with Crippen molar-refractivity contribution in [2.45, 2.75) is 76.5 Å². The highest BCUT2D eigenvalue weighted by molar-refractivity contribution is 8.14. The van der Waals surface area contributed by atoms with E-state index in [-0.39, 0.29) is 16.7 Å². The van der Waals surface area contributed by atoms with E-state index in [9.17, 15) is 15.2 Å². The molecule has 27 heavy (non-hydrogen) atoms. The number of nitro groups is 1. The van der Waals surface area contributed by atoms with Crippen molar-refractivity contribution in [3.05, 3.63) is 33.4 Å². The lowest BCUT2D eigenvalue weighted by Crippen LogP contribution is -2.46. The van der Waals surface area contributed by atoms with Crippen LogP contribution >= 0.6 is 11.8 Å². The van der Waals surface area contributed by atoms with Crippen LogP contribution < -0.4 is 0 Å². The number of amidine groups is 1. The van der Waals surface area contributed by atoms with Crippen LogP contribution in [0.4, 0.5) is 11.4 Å². The van der Waals surface area contributed by atoms with Crippen molar-refractivity contribution in [2.24, 2.45) is 4.99 Å². The Balaban J connectivity index is 1.72. The number of nitro benzene ring substituents is 1. The van der Waals surface area contributed by atoms with Crippen LogP contribution in [0.3, 0.4) is 0 Å². The van der Waals surface area contributed by atoms with E-state index in [1.807, 2.05) is 13.0 Å². The summed E-state index contributed by atoms with van der Waals surface area (Å²) in [6, 6.07) is 3.99. The molecule has 0 aromatic heterocycles. The van der Waals surface area contributed by atoms with Crippen molar-refractivity contribution in [3.63, 3.8) is 0 Å². The van der Waals surface area contributed by atoms with Crippen LogP contribution in [0.2, 0.25) is 0 Å². The van der Waals surface area contributed by atoms with E-state index < -0.39 is 6.10 Å². The normalized spacial score (nSPS) is 25.8. The van der Waals surface area contributed by atoms with Gasteiger partial charge in [0.1, 0.15) is 0 Å². The molecule has 1 aromatic rings. The van der Waals surface area contributed by atoms with Gasteiger partial charge in [0.2, 0.25) is 0 Å². The van der Waals surface area contributed by atoms with Crippen molar-refractivity contribution < 1.29 is 10.0 Å². The quantitative estimate of drug-likeness (QED) is 0.617. The maximum Gasteiger partial charge on any atom is 0.273 e. The second kappa shape index (κ2) is 7.80. The van der Waals surface area contributed by atoms with Gasteiger partial charge in [0, 0.05) is 23.4 Å². The zero-order valence-corrected chi connectivity index (χ0v) is 16.6. The first-order valence-corrected chi connectivity index (χ1v) is 11.0. The van der Waals surface area contributed by atoms with E-state index in [1.165, 1.54) is 12.8 Å². The van der Waals surface area contributed by atoms with Gasteiger partial charge in [-0.1, -0.05) is 24.6 Å². The maximum atomic E-state index is 11.4. The van der Waals surface area contributed by atoms with E-state index in [2.05, 4.69) is 4.90 Å². The first-order valence-electron chi connectivity index (χ1n) is 10.0. The Hall–Kier alpha value is -1.60. The Kier molecular flexibility index (Phi) is 5.41. The number of fused-ring (bicyclic) bond motifs is 1. The first-order chi connectivity index (χ1) is 13.1. The molecule has 146 valence electrons. The third-order valence-corrected chi connectivity index (χ3v) is 7.20. The van der Waals surface area contributed by atoms with Crippen LogP contribution in [-0.4, -0.2) is 44.0 Å². The summed E-state index contributed by atoms with van der Waals surface area (Å²) in [5.41, 5.74) is 3.04. The Morgan fingerprint density at radius 3 is 2.59 bits per heavy atom. The minimum Gasteiger partial charge on any atom is -0.391 e. The molecule has 2 atom stereocenters. The Morgan fingerprint density at radius 2 is 1.93 bits per heavy atom. The molecule has 0 spiro atoms. The van der Waals surface area contributed by atoms with Crippen molar-refractivity contribution >= 4 is 28.3 Å². The molecule has 0 amide bonds. The minimum atomic E-state index is -0.392. The van der Waals surface area contributed by atoms with E-state index in [1.54, 1.807) is 17.8 Å². The summed E-state index contributed by atoms with van der Waals surface area (Å²) in [5, 5.41) is 22.7. The van der Waals surface area contributed by atoms with Gasteiger partial charge in [-0.15, -0.1) is 0 Å². The zero-order valence-electron chi connectivity index (χ0n) is 15.8. The molecule has 7 heteroatoms. The van der Waals surface area contributed by atoms with Gasteiger partial charge in [-0.05, 0) is 57.1 Å². The van der Waals surface area contributed by atoms with Gasteiger partial charge < -0.3 is 10.0 Å². The number of rotatable bonds is 4. The van der Waals surface area contributed by atoms with Crippen molar-refractivity contribution in [1.82, 2.24) is 4.90 Å². The van der Waals surface area contributed by atoms with E-state index in [0.29, 0.717) is 6.04 Å². The Labute approximate surface area is 164 Å². The third-order valence-electron chi connectivity index (χ3n) is 6.13. The zero-order chi connectivity index (χ0) is 19.0. The summed E-state index contributed by atoms with van der Waals surface area (Å²) in [6.45, 7) is 1.86. The van der Waals surface area contributed by atoms with Gasteiger partial charge in [-0.2, -0.15) is 0 Å². The van der Waals surface area contributed by atoms with Crippen LogP contribution in [0, 0.1) is 10.1 Å². The second-order valence-corrected chi connectivity index (χ2v) is 8.87. The molecule has 1 heterocycles. The SMILES string of the molecule is C[C@@H](O)[C@@H]1CSC(=Nc2ccc([N+](=O)[O-])c3c2CCCC3)N1C1CCCC1. The molecule has 1 aliphatic heterocycles. The van der Waals surface area contributed by atoms with Gasteiger partial charge in [0.15, 0.2) is 5.17 Å². The summed E-state index contributed by atoms with van der Waals surface area (Å²) >= 11 is 1.71. The summed E-state index contributed by atoms with van der Waals surface area (Å²) in [7, 11) is 0. The number of nitrogens with zero attached hydrogens (tertiary/aromatic N) is 3. The van der Waals surface area contributed by atoms with Crippen molar-refractivity contribution in [3.8, 4) is 0 Å². The summed E-state index contributed by atoms with van der Waals surface area (Å²) in [6.07, 6.45) is 8.07. The average molecular weight is 390 g/mol. The minimum absolute atomic E-state index is 0.103. The van der Waals surface area contributed by atoms with Crippen molar-refractivity contribution in [2.75, 3.05) is 5.75 Å². The molecule has 1 N–H and O–H groups in total. The molecular formula is C20H27N3O3S. The van der Waals surface area contributed by atoms with Gasteiger partial charge in [-0.25, -0.2) is 4.99 Å². The van der Waals surface area contributed by atoms with E-state index in [4.69, 9.17) is 4.99 Å². The molecule has 1 aromatic carbocycles. The molecule has 1 saturated heterocycles. The summed E-state index contributed by atoms with van der Waals surface area (Å²) < 4.78 is 0. The number of benzene rings is 1. The number of thioether (sulfide) groups is 1. The molecule has 2 aliphatic carbocycles. The largest absolute Gasteiger partial charge is 0.391 e. The highest BCUT2D eigenvalue weighted by Gasteiger charge is 2.39. The molecule has 0 radical (unpaired) electrons. The number of aliphatic hydroxyl groups is 1. The summed E-state index contributed by atoms with van der Waals surface area (Å²) in [5.74, 6) is 0.849. The Morgan fingerprint density at radius 1 is 1.22 bits per heavy atom. The standard InChI is InChI=1S/C20H27N3O3S/c1-13(24)19-12-27-20(22(19)14-6-2-3-7-14)21-17-10-11-18(23(25)26)16-9-5-4-8-15(16)17/h10-11,13-14,19,24H,2-9,12H2,1H3/t13-,19+/m1/s1. The molecule has 6 nitrogen and oxygen atoms in total. The van der Waals surface area contributed by atoms with Crippen LogP contribution in [0.5, 0.6) is 0 Å². The lowest BCUT2D eigenvalue weighted by Gasteiger charge is -2.33. The maximum absolute atomic E-state index is 11.4. The fourth-order valence-corrected chi connectivity index (χ4v) is 6.09. The van der Waals surface area contributed by atoms with E-state index >= 15 is 0 Å². The molecule has 4 rings (SSSR count). The van der Waals surface area contributed by atoms with E-state index in [0.717, 1.165) is 66.3 Å². The average Bonchev–Trinajstić information content (AvgIpc) is 3.31. The third kappa shape index (κ3) is 3.59. The topological polar surface area (TPSA) is 79.0 Å². The van der Waals surface area contributed by atoms with Gasteiger partial charge >= 0.3 is 0 Å². The van der Waals surface area contributed by atoms with Crippen LogP contribution in [-0.2, 0) is 12.8 Å².